The number of ether oxygens (including phenoxy) is 2. The van der Waals surface area contributed by atoms with Gasteiger partial charge in [-0.1, -0.05) is 30.3 Å². The summed E-state index contributed by atoms with van der Waals surface area (Å²) in [5.41, 5.74) is 0.694. The van der Waals surface area contributed by atoms with E-state index in [0.29, 0.717) is 30.3 Å². The van der Waals surface area contributed by atoms with Crippen molar-refractivity contribution in [3.8, 4) is 0 Å². The van der Waals surface area contributed by atoms with E-state index in [4.69, 9.17) is 9.47 Å². The first-order valence-corrected chi connectivity index (χ1v) is 9.56. The molecule has 2 fully saturated rings. The van der Waals surface area contributed by atoms with Crippen LogP contribution in [0.25, 0.3) is 0 Å². The molecule has 1 saturated heterocycles. The predicted molar refractivity (Wildman–Crippen MR) is 93.1 cm³/mol. The SMILES string of the molecule is O=C(CSCC(=O)c1ccccc1)NC1CCC2(CC1)OCCO2. The molecule has 0 unspecified atom stereocenters. The maximum absolute atomic E-state index is 12.0. The average molecular weight is 349 g/mol. The molecule has 0 bridgehead atoms. The molecule has 2 aliphatic rings. The van der Waals surface area contributed by atoms with Gasteiger partial charge in [-0.05, 0) is 12.8 Å². The maximum atomic E-state index is 12.0. The summed E-state index contributed by atoms with van der Waals surface area (Å²) < 4.78 is 11.4. The molecule has 1 N–H and O–H groups in total. The van der Waals surface area contributed by atoms with E-state index in [-0.39, 0.29) is 17.7 Å². The van der Waals surface area contributed by atoms with Gasteiger partial charge in [-0.25, -0.2) is 0 Å². The minimum atomic E-state index is -0.391. The Bertz CT molecular complexity index is 562. The van der Waals surface area contributed by atoms with Crippen LogP contribution in [0.3, 0.4) is 0 Å². The molecule has 1 spiro atoms. The molecule has 0 radical (unpaired) electrons. The molecule has 1 aliphatic carbocycles. The van der Waals surface area contributed by atoms with Crippen molar-refractivity contribution in [1.82, 2.24) is 5.32 Å². The second-order valence-corrected chi connectivity index (χ2v) is 7.22. The fraction of sp³-hybridized carbons (Fsp3) is 0.556. The molecule has 0 aromatic heterocycles. The molecule has 1 amide bonds. The summed E-state index contributed by atoms with van der Waals surface area (Å²) in [7, 11) is 0. The Morgan fingerprint density at radius 2 is 1.75 bits per heavy atom. The number of benzene rings is 1. The lowest BCUT2D eigenvalue weighted by Crippen LogP contribution is -2.44. The summed E-state index contributed by atoms with van der Waals surface area (Å²) in [5.74, 6) is 0.302. The van der Waals surface area contributed by atoms with Crippen LogP contribution >= 0.6 is 11.8 Å². The highest BCUT2D eigenvalue weighted by Crippen LogP contribution is 2.35. The zero-order chi connectivity index (χ0) is 16.8. The number of carbonyl (C=O) groups is 2. The number of rotatable bonds is 6. The fourth-order valence-corrected chi connectivity index (χ4v) is 3.92. The van der Waals surface area contributed by atoms with Gasteiger partial charge < -0.3 is 14.8 Å². The largest absolute Gasteiger partial charge is 0.353 e. The van der Waals surface area contributed by atoms with Gasteiger partial charge >= 0.3 is 0 Å². The third kappa shape index (κ3) is 4.59. The summed E-state index contributed by atoms with van der Waals surface area (Å²) in [6, 6.07) is 9.35. The van der Waals surface area contributed by atoms with Crippen molar-refractivity contribution >= 4 is 23.5 Å². The molecule has 1 aromatic carbocycles. The van der Waals surface area contributed by atoms with Crippen molar-refractivity contribution < 1.29 is 19.1 Å². The summed E-state index contributed by atoms with van der Waals surface area (Å²) in [5, 5.41) is 3.06. The van der Waals surface area contributed by atoms with Gasteiger partial charge in [-0.2, -0.15) is 0 Å². The van der Waals surface area contributed by atoms with Crippen molar-refractivity contribution in [2.75, 3.05) is 24.7 Å². The van der Waals surface area contributed by atoms with Gasteiger partial charge in [0.15, 0.2) is 11.6 Å². The summed E-state index contributed by atoms with van der Waals surface area (Å²) >= 11 is 1.36. The molecule has 24 heavy (non-hydrogen) atoms. The van der Waals surface area contributed by atoms with Gasteiger partial charge in [0, 0.05) is 24.4 Å². The topological polar surface area (TPSA) is 64.6 Å². The van der Waals surface area contributed by atoms with E-state index in [1.165, 1.54) is 11.8 Å². The summed E-state index contributed by atoms with van der Waals surface area (Å²) in [6.07, 6.45) is 3.41. The van der Waals surface area contributed by atoms with Gasteiger partial charge in [0.1, 0.15) is 0 Å². The lowest BCUT2D eigenvalue weighted by molar-refractivity contribution is -0.179. The molecule has 1 heterocycles. The number of Topliss-reactive ketones (excluding diaryl/α,β-unsaturated/α-hetero) is 1. The lowest BCUT2D eigenvalue weighted by atomic mass is 9.90. The van der Waals surface area contributed by atoms with Gasteiger partial charge in [-0.15, -0.1) is 11.8 Å². The molecule has 0 atom stereocenters. The molecule has 6 heteroatoms. The van der Waals surface area contributed by atoms with Crippen LogP contribution in [0.5, 0.6) is 0 Å². The van der Waals surface area contributed by atoms with Gasteiger partial charge in [0.2, 0.25) is 5.91 Å². The van der Waals surface area contributed by atoms with Crippen molar-refractivity contribution in [3.05, 3.63) is 35.9 Å². The van der Waals surface area contributed by atoms with Crippen LogP contribution in [0.4, 0.5) is 0 Å². The van der Waals surface area contributed by atoms with Gasteiger partial charge in [0.25, 0.3) is 0 Å². The Morgan fingerprint density at radius 1 is 1.08 bits per heavy atom. The third-order valence-corrected chi connectivity index (χ3v) is 5.42. The second kappa shape index (κ2) is 8.14. The highest BCUT2D eigenvalue weighted by molar-refractivity contribution is 8.00. The quantitative estimate of drug-likeness (QED) is 0.799. The van der Waals surface area contributed by atoms with E-state index in [1.54, 1.807) is 12.1 Å². The minimum absolute atomic E-state index is 0.00456. The molecule has 130 valence electrons. The number of nitrogens with one attached hydrogen (secondary N) is 1. The number of hydrogen-bond donors (Lipinski definition) is 1. The Kier molecular flexibility index (Phi) is 5.92. The highest BCUT2D eigenvalue weighted by Gasteiger charge is 2.40. The summed E-state index contributed by atoms with van der Waals surface area (Å²) in [4.78, 5) is 24.0. The van der Waals surface area contributed by atoms with Crippen molar-refractivity contribution in [2.45, 2.75) is 37.5 Å². The Hall–Kier alpha value is -1.37. The van der Waals surface area contributed by atoms with E-state index in [9.17, 15) is 9.59 Å². The normalized spacial score (nSPS) is 20.2. The van der Waals surface area contributed by atoms with E-state index in [0.717, 1.165) is 25.7 Å². The van der Waals surface area contributed by atoms with E-state index in [2.05, 4.69) is 5.32 Å². The predicted octanol–water partition coefficient (Wildman–Crippen LogP) is 2.40. The van der Waals surface area contributed by atoms with Crippen LogP contribution in [0.15, 0.2) is 30.3 Å². The maximum Gasteiger partial charge on any atom is 0.230 e. The number of thioether (sulfide) groups is 1. The molecule has 3 rings (SSSR count). The minimum Gasteiger partial charge on any atom is -0.353 e. The molecule has 1 aliphatic heterocycles. The number of ketones is 1. The first-order valence-electron chi connectivity index (χ1n) is 8.40. The zero-order valence-electron chi connectivity index (χ0n) is 13.7. The molecular weight excluding hydrogens is 326 g/mol. The molecule has 5 nitrogen and oxygen atoms in total. The molecular formula is C18H23NO4S. The second-order valence-electron chi connectivity index (χ2n) is 6.23. The van der Waals surface area contributed by atoms with Crippen molar-refractivity contribution in [2.24, 2.45) is 0 Å². The van der Waals surface area contributed by atoms with Crippen LogP contribution in [0, 0.1) is 0 Å². The van der Waals surface area contributed by atoms with E-state index < -0.39 is 5.79 Å². The number of hydrogen-bond acceptors (Lipinski definition) is 5. The van der Waals surface area contributed by atoms with E-state index in [1.807, 2.05) is 18.2 Å². The van der Waals surface area contributed by atoms with E-state index >= 15 is 0 Å². The zero-order valence-corrected chi connectivity index (χ0v) is 14.5. The smallest absolute Gasteiger partial charge is 0.230 e. The number of amides is 1. The highest BCUT2D eigenvalue weighted by atomic mass is 32.2. The van der Waals surface area contributed by atoms with Crippen LogP contribution in [0.1, 0.15) is 36.0 Å². The summed E-state index contributed by atoms with van der Waals surface area (Å²) in [6.45, 7) is 1.34. The van der Waals surface area contributed by atoms with Crippen LogP contribution in [0.2, 0.25) is 0 Å². The van der Waals surface area contributed by atoms with Crippen LogP contribution < -0.4 is 5.32 Å². The first-order chi connectivity index (χ1) is 11.7. The Morgan fingerprint density at radius 3 is 2.42 bits per heavy atom. The van der Waals surface area contributed by atoms with Crippen molar-refractivity contribution in [1.29, 1.82) is 0 Å². The standard InChI is InChI=1S/C18H23NO4S/c20-16(14-4-2-1-3-5-14)12-24-13-17(21)19-15-6-8-18(9-7-15)22-10-11-23-18/h1-5,15H,6-13H2,(H,19,21). The number of carbonyl (C=O) groups excluding carboxylic acids is 2. The lowest BCUT2D eigenvalue weighted by Gasteiger charge is -2.35. The Balaban J connectivity index is 1.34. The first kappa shape index (κ1) is 17.5. The van der Waals surface area contributed by atoms with Crippen molar-refractivity contribution in [3.63, 3.8) is 0 Å². The van der Waals surface area contributed by atoms with Gasteiger partial charge in [-0.3, -0.25) is 9.59 Å². The van der Waals surface area contributed by atoms with Crippen LogP contribution in [-0.2, 0) is 14.3 Å². The van der Waals surface area contributed by atoms with Crippen LogP contribution in [-0.4, -0.2) is 48.2 Å². The average Bonchev–Trinajstić information content (AvgIpc) is 3.06. The third-order valence-electron chi connectivity index (χ3n) is 4.49. The molecule has 1 saturated carbocycles. The monoisotopic (exact) mass is 349 g/mol. The fourth-order valence-electron chi connectivity index (χ4n) is 3.20. The van der Waals surface area contributed by atoms with Gasteiger partial charge in [0.05, 0.1) is 24.7 Å². The Labute approximate surface area is 146 Å². The molecule has 1 aromatic rings.